The third-order valence-electron chi connectivity index (χ3n) is 2.19. The molecule has 6 nitrogen and oxygen atoms in total. The van der Waals surface area contributed by atoms with E-state index in [0.29, 0.717) is 10.7 Å². The van der Waals surface area contributed by atoms with Crippen molar-refractivity contribution in [1.29, 1.82) is 0 Å². The topological polar surface area (TPSA) is 83.6 Å². The van der Waals surface area contributed by atoms with E-state index in [-0.39, 0.29) is 12.5 Å². The number of H-pyrrole nitrogens is 1. The summed E-state index contributed by atoms with van der Waals surface area (Å²) < 4.78 is 0. The number of hydrogen-bond acceptors (Lipinski definition) is 5. The number of carbonyl (C=O) groups excluding carboxylic acids is 1. The Morgan fingerprint density at radius 2 is 2.38 bits per heavy atom. The van der Waals surface area contributed by atoms with Crippen LogP contribution in [0.5, 0.6) is 0 Å². The second kappa shape index (κ2) is 4.40. The van der Waals surface area contributed by atoms with E-state index < -0.39 is 0 Å². The second-order valence-corrected chi connectivity index (χ2v) is 4.62. The largest absolute Gasteiger partial charge is 0.344 e. The van der Waals surface area contributed by atoms with Crippen LogP contribution in [0.15, 0.2) is 6.07 Å². The Morgan fingerprint density at radius 3 is 2.94 bits per heavy atom. The maximum absolute atomic E-state index is 11.7. The third-order valence-corrected chi connectivity index (χ3v) is 3.34. The summed E-state index contributed by atoms with van der Waals surface area (Å²) in [7, 11) is 0. The first-order valence-corrected chi connectivity index (χ1v) is 5.56. The zero-order valence-electron chi connectivity index (χ0n) is 8.94. The number of carbonyl (C=O) groups is 1. The Morgan fingerprint density at radius 1 is 1.56 bits per heavy atom. The molecule has 0 saturated heterocycles. The average Bonchev–Trinajstić information content (AvgIpc) is 2.86. The number of amides is 1. The van der Waals surface area contributed by atoms with E-state index in [0.717, 1.165) is 10.4 Å². The van der Waals surface area contributed by atoms with Gasteiger partial charge in [-0.15, -0.1) is 21.5 Å². The lowest BCUT2D eigenvalue weighted by Crippen LogP contribution is -2.22. The molecule has 1 amide bonds. The van der Waals surface area contributed by atoms with Crippen LogP contribution < -0.4 is 5.32 Å². The van der Waals surface area contributed by atoms with Crippen molar-refractivity contribution in [2.45, 2.75) is 20.4 Å². The van der Waals surface area contributed by atoms with Crippen molar-refractivity contribution in [3.8, 4) is 0 Å². The number of hydrogen-bond donors (Lipinski definition) is 2. The van der Waals surface area contributed by atoms with Gasteiger partial charge in [0.2, 0.25) is 0 Å². The van der Waals surface area contributed by atoms with Crippen molar-refractivity contribution >= 4 is 17.2 Å². The molecule has 2 aromatic heterocycles. The predicted octanol–water partition coefficient (Wildman–Crippen LogP) is 0.808. The van der Waals surface area contributed by atoms with E-state index in [1.807, 2.05) is 19.9 Å². The van der Waals surface area contributed by atoms with Gasteiger partial charge in [-0.1, -0.05) is 5.21 Å². The van der Waals surface area contributed by atoms with E-state index in [9.17, 15) is 4.79 Å². The zero-order valence-corrected chi connectivity index (χ0v) is 9.76. The molecule has 0 spiro atoms. The van der Waals surface area contributed by atoms with Gasteiger partial charge < -0.3 is 5.32 Å². The van der Waals surface area contributed by atoms with Crippen LogP contribution in [-0.2, 0) is 6.54 Å². The maximum Gasteiger partial charge on any atom is 0.261 e. The molecule has 0 atom stereocenters. The fourth-order valence-corrected chi connectivity index (χ4v) is 2.14. The summed E-state index contributed by atoms with van der Waals surface area (Å²) in [6, 6.07) is 1.88. The van der Waals surface area contributed by atoms with Crippen LogP contribution in [-0.4, -0.2) is 26.5 Å². The van der Waals surface area contributed by atoms with Gasteiger partial charge >= 0.3 is 0 Å². The fourth-order valence-electron chi connectivity index (χ4n) is 1.19. The molecule has 0 saturated carbocycles. The van der Waals surface area contributed by atoms with Gasteiger partial charge in [0.15, 0.2) is 5.82 Å². The predicted molar refractivity (Wildman–Crippen MR) is 59.1 cm³/mol. The standard InChI is InChI=1S/C9H11N5OS/c1-5-3-7(16-6(5)2)9(15)10-4-8-11-13-14-12-8/h3H,4H2,1-2H3,(H,10,15)(H,11,12,13,14). The third kappa shape index (κ3) is 2.25. The molecule has 2 N–H and O–H groups in total. The Kier molecular flexibility index (Phi) is 2.95. The van der Waals surface area contributed by atoms with Crippen molar-refractivity contribution in [3.05, 3.63) is 27.2 Å². The molecular weight excluding hydrogens is 226 g/mol. The highest BCUT2D eigenvalue weighted by Crippen LogP contribution is 2.20. The lowest BCUT2D eigenvalue weighted by Gasteiger charge is -1.98. The molecular formula is C9H11N5OS. The molecule has 0 unspecified atom stereocenters. The van der Waals surface area contributed by atoms with Crippen LogP contribution in [0.1, 0.15) is 25.9 Å². The summed E-state index contributed by atoms with van der Waals surface area (Å²) in [6.07, 6.45) is 0. The highest BCUT2D eigenvalue weighted by molar-refractivity contribution is 7.14. The SMILES string of the molecule is Cc1cc(C(=O)NCc2nn[nH]n2)sc1C. The van der Waals surface area contributed by atoms with E-state index in [2.05, 4.69) is 25.9 Å². The Hall–Kier alpha value is -1.76. The van der Waals surface area contributed by atoms with Crippen molar-refractivity contribution in [2.24, 2.45) is 0 Å². The van der Waals surface area contributed by atoms with Crippen LogP contribution >= 0.6 is 11.3 Å². The van der Waals surface area contributed by atoms with Crippen molar-refractivity contribution < 1.29 is 4.79 Å². The molecule has 2 heterocycles. The normalized spacial score (nSPS) is 10.4. The monoisotopic (exact) mass is 237 g/mol. The summed E-state index contributed by atoms with van der Waals surface area (Å²) in [4.78, 5) is 13.6. The van der Waals surface area contributed by atoms with E-state index in [1.54, 1.807) is 0 Å². The zero-order chi connectivity index (χ0) is 11.5. The van der Waals surface area contributed by atoms with Gasteiger partial charge in [-0.2, -0.15) is 5.21 Å². The number of aromatic nitrogens is 4. The number of aromatic amines is 1. The van der Waals surface area contributed by atoms with Crippen LogP contribution in [0.4, 0.5) is 0 Å². The van der Waals surface area contributed by atoms with Crippen LogP contribution in [0, 0.1) is 13.8 Å². The lowest BCUT2D eigenvalue weighted by molar-refractivity contribution is 0.0954. The highest BCUT2D eigenvalue weighted by atomic mass is 32.1. The number of tetrazole rings is 1. The quantitative estimate of drug-likeness (QED) is 0.827. The van der Waals surface area contributed by atoms with Gasteiger partial charge in [0.25, 0.3) is 5.91 Å². The Balaban J connectivity index is 1.98. The minimum Gasteiger partial charge on any atom is -0.344 e. The molecule has 2 aromatic rings. The molecule has 0 radical (unpaired) electrons. The molecule has 0 fully saturated rings. The molecule has 7 heteroatoms. The number of aryl methyl sites for hydroxylation is 2. The fraction of sp³-hybridized carbons (Fsp3) is 0.333. The molecule has 0 aliphatic carbocycles. The summed E-state index contributed by atoms with van der Waals surface area (Å²) in [5, 5.41) is 16.0. The molecule has 16 heavy (non-hydrogen) atoms. The Labute approximate surface area is 96.1 Å². The van der Waals surface area contributed by atoms with E-state index in [1.165, 1.54) is 11.3 Å². The van der Waals surface area contributed by atoms with Gasteiger partial charge in [-0.25, -0.2) is 0 Å². The summed E-state index contributed by atoms with van der Waals surface area (Å²) >= 11 is 1.48. The minimum absolute atomic E-state index is 0.106. The first kappa shape index (κ1) is 10.7. The lowest BCUT2D eigenvalue weighted by atomic mass is 10.3. The minimum atomic E-state index is -0.106. The molecule has 84 valence electrons. The Bertz CT molecular complexity index is 470. The number of rotatable bonds is 3. The molecule has 0 aromatic carbocycles. The van der Waals surface area contributed by atoms with Gasteiger partial charge in [-0.05, 0) is 25.5 Å². The molecule has 0 aliphatic rings. The molecule has 0 bridgehead atoms. The van der Waals surface area contributed by atoms with Crippen LogP contribution in [0.25, 0.3) is 0 Å². The molecule has 0 aliphatic heterocycles. The van der Waals surface area contributed by atoms with Crippen molar-refractivity contribution in [2.75, 3.05) is 0 Å². The summed E-state index contributed by atoms with van der Waals surface area (Å²) in [6.45, 7) is 4.27. The number of thiophene rings is 1. The second-order valence-electron chi connectivity index (χ2n) is 3.36. The maximum atomic E-state index is 11.7. The average molecular weight is 237 g/mol. The van der Waals surface area contributed by atoms with Gasteiger partial charge in [0.05, 0.1) is 11.4 Å². The van der Waals surface area contributed by atoms with Crippen LogP contribution in [0.3, 0.4) is 0 Å². The molecule has 2 rings (SSSR count). The van der Waals surface area contributed by atoms with Crippen LogP contribution in [0.2, 0.25) is 0 Å². The van der Waals surface area contributed by atoms with Crippen molar-refractivity contribution in [3.63, 3.8) is 0 Å². The van der Waals surface area contributed by atoms with Gasteiger partial charge in [0.1, 0.15) is 0 Å². The first-order chi connectivity index (χ1) is 7.66. The smallest absolute Gasteiger partial charge is 0.261 e. The van der Waals surface area contributed by atoms with Crippen molar-refractivity contribution in [1.82, 2.24) is 25.9 Å². The van der Waals surface area contributed by atoms with Gasteiger partial charge in [-0.3, -0.25) is 4.79 Å². The number of nitrogens with one attached hydrogen (secondary N) is 2. The van der Waals surface area contributed by atoms with E-state index in [4.69, 9.17) is 0 Å². The first-order valence-electron chi connectivity index (χ1n) is 4.74. The highest BCUT2D eigenvalue weighted by Gasteiger charge is 2.10. The number of nitrogens with zero attached hydrogens (tertiary/aromatic N) is 3. The summed E-state index contributed by atoms with van der Waals surface area (Å²) in [5.41, 5.74) is 1.13. The van der Waals surface area contributed by atoms with Gasteiger partial charge in [0, 0.05) is 4.88 Å². The van der Waals surface area contributed by atoms with E-state index >= 15 is 0 Å². The summed E-state index contributed by atoms with van der Waals surface area (Å²) in [5.74, 6) is 0.365.